The van der Waals surface area contributed by atoms with Crippen LogP contribution in [0, 0.1) is 12.8 Å². The van der Waals surface area contributed by atoms with Gasteiger partial charge in [-0.2, -0.15) is 0 Å². The Labute approximate surface area is 122 Å². The number of piperazine rings is 1. The summed E-state index contributed by atoms with van der Waals surface area (Å²) in [6.07, 6.45) is 3.85. The Hall–Kier alpha value is -1.06. The molecule has 1 saturated heterocycles. The van der Waals surface area contributed by atoms with Crippen molar-refractivity contribution in [3.8, 4) is 0 Å². The van der Waals surface area contributed by atoms with Crippen molar-refractivity contribution in [2.45, 2.75) is 32.2 Å². The van der Waals surface area contributed by atoms with Crippen LogP contribution in [0.4, 0.5) is 5.69 Å². The van der Waals surface area contributed by atoms with Crippen LogP contribution >= 0.6 is 0 Å². The molecule has 1 aliphatic heterocycles. The molecule has 3 nitrogen and oxygen atoms in total. The zero-order valence-electron chi connectivity index (χ0n) is 12.6. The highest BCUT2D eigenvalue weighted by Crippen LogP contribution is 2.29. The summed E-state index contributed by atoms with van der Waals surface area (Å²) in [6, 6.07) is 9.42. The summed E-state index contributed by atoms with van der Waals surface area (Å²) in [6.45, 7) is 8.13. The molecule has 0 amide bonds. The number of hydrogen-bond donors (Lipinski definition) is 1. The van der Waals surface area contributed by atoms with Crippen LogP contribution in [0.2, 0.25) is 0 Å². The standard InChI is InChI=1S/C17H27N3/c1-14-2-4-17(5-3-14)20-10-8-19(9-11-20)7-6-15-12-16(18)13-15/h2-5,15-16H,6-13,18H2,1H3. The molecule has 110 valence electrons. The third-order valence-electron chi connectivity index (χ3n) is 4.90. The van der Waals surface area contributed by atoms with E-state index in [1.165, 1.54) is 50.1 Å². The molecule has 0 unspecified atom stereocenters. The molecule has 20 heavy (non-hydrogen) atoms. The fourth-order valence-electron chi connectivity index (χ4n) is 3.37. The van der Waals surface area contributed by atoms with E-state index in [2.05, 4.69) is 41.0 Å². The first-order valence-corrected chi connectivity index (χ1v) is 8.00. The highest BCUT2D eigenvalue weighted by atomic mass is 15.3. The van der Waals surface area contributed by atoms with Gasteiger partial charge >= 0.3 is 0 Å². The first-order valence-electron chi connectivity index (χ1n) is 8.00. The van der Waals surface area contributed by atoms with Crippen LogP contribution in [0.15, 0.2) is 24.3 Å². The van der Waals surface area contributed by atoms with Crippen LogP contribution in [-0.4, -0.2) is 43.7 Å². The normalized spacial score (nSPS) is 27.4. The van der Waals surface area contributed by atoms with Crippen molar-refractivity contribution in [3.05, 3.63) is 29.8 Å². The van der Waals surface area contributed by atoms with Gasteiger partial charge < -0.3 is 10.6 Å². The van der Waals surface area contributed by atoms with E-state index in [9.17, 15) is 0 Å². The largest absolute Gasteiger partial charge is 0.369 e. The second kappa shape index (κ2) is 6.15. The fourth-order valence-corrected chi connectivity index (χ4v) is 3.37. The number of anilines is 1. The van der Waals surface area contributed by atoms with Crippen molar-refractivity contribution in [2.75, 3.05) is 37.6 Å². The molecule has 0 bridgehead atoms. The average molecular weight is 273 g/mol. The Bertz CT molecular complexity index is 414. The fraction of sp³-hybridized carbons (Fsp3) is 0.647. The number of nitrogens with zero attached hydrogens (tertiary/aromatic N) is 2. The number of aryl methyl sites for hydroxylation is 1. The van der Waals surface area contributed by atoms with Crippen LogP contribution in [0.25, 0.3) is 0 Å². The van der Waals surface area contributed by atoms with Crippen LogP contribution in [-0.2, 0) is 0 Å². The number of rotatable bonds is 4. The van der Waals surface area contributed by atoms with Crippen LogP contribution in [0.1, 0.15) is 24.8 Å². The number of benzene rings is 1. The molecular formula is C17H27N3. The van der Waals surface area contributed by atoms with E-state index >= 15 is 0 Å². The van der Waals surface area contributed by atoms with Crippen molar-refractivity contribution in [1.29, 1.82) is 0 Å². The topological polar surface area (TPSA) is 32.5 Å². The van der Waals surface area contributed by atoms with Crippen molar-refractivity contribution < 1.29 is 0 Å². The Balaban J connectivity index is 1.41. The van der Waals surface area contributed by atoms with E-state index in [-0.39, 0.29) is 0 Å². The summed E-state index contributed by atoms with van der Waals surface area (Å²) in [7, 11) is 0. The van der Waals surface area contributed by atoms with Crippen molar-refractivity contribution in [1.82, 2.24) is 4.90 Å². The predicted molar refractivity (Wildman–Crippen MR) is 85.1 cm³/mol. The minimum absolute atomic E-state index is 0.499. The van der Waals surface area contributed by atoms with Gasteiger partial charge in [-0.3, -0.25) is 4.90 Å². The summed E-state index contributed by atoms with van der Waals surface area (Å²) >= 11 is 0. The van der Waals surface area contributed by atoms with Gasteiger partial charge in [0.2, 0.25) is 0 Å². The highest BCUT2D eigenvalue weighted by molar-refractivity contribution is 5.47. The van der Waals surface area contributed by atoms with Gasteiger partial charge in [-0.25, -0.2) is 0 Å². The number of nitrogens with two attached hydrogens (primary N) is 1. The van der Waals surface area contributed by atoms with E-state index in [0.717, 1.165) is 19.0 Å². The zero-order valence-corrected chi connectivity index (χ0v) is 12.6. The van der Waals surface area contributed by atoms with Crippen LogP contribution < -0.4 is 10.6 Å². The van der Waals surface area contributed by atoms with Gasteiger partial charge in [-0.15, -0.1) is 0 Å². The first-order chi connectivity index (χ1) is 9.70. The molecule has 1 aromatic rings. The molecular weight excluding hydrogens is 246 g/mol. The lowest BCUT2D eigenvalue weighted by molar-refractivity contribution is 0.189. The SMILES string of the molecule is Cc1ccc(N2CCN(CCC3CC(N)C3)CC2)cc1. The minimum atomic E-state index is 0.499. The maximum Gasteiger partial charge on any atom is 0.0367 e. The van der Waals surface area contributed by atoms with Gasteiger partial charge in [0.15, 0.2) is 0 Å². The van der Waals surface area contributed by atoms with Gasteiger partial charge in [-0.05, 0) is 50.8 Å². The van der Waals surface area contributed by atoms with E-state index in [1.54, 1.807) is 0 Å². The third kappa shape index (κ3) is 3.33. The maximum atomic E-state index is 5.85. The predicted octanol–water partition coefficient (Wildman–Crippen LogP) is 2.24. The molecule has 1 aliphatic carbocycles. The van der Waals surface area contributed by atoms with Gasteiger partial charge in [0, 0.05) is 37.9 Å². The smallest absolute Gasteiger partial charge is 0.0367 e. The van der Waals surface area contributed by atoms with Gasteiger partial charge in [0.1, 0.15) is 0 Å². The Kier molecular flexibility index (Phi) is 4.27. The highest BCUT2D eigenvalue weighted by Gasteiger charge is 2.26. The molecule has 1 aromatic carbocycles. The van der Waals surface area contributed by atoms with E-state index < -0.39 is 0 Å². The molecule has 0 radical (unpaired) electrons. The lowest BCUT2D eigenvalue weighted by Crippen LogP contribution is -2.47. The molecule has 1 heterocycles. The monoisotopic (exact) mass is 273 g/mol. The zero-order chi connectivity index (χ0) is 13.9. The van der Waals surface area contributed by atoms with Gasteiger partial charge in [0.05, 0.1) is 0 Å². The molecule has 0 atom stereocenters. The lowest BCUT2D eigenvalue weighted by Gasteiger charge is -2.38. The molecule has 2 aliphatic rings. The summed E-state index contributed by atoms with van der Waals surface area (Å²) in [5, 5.41) is 0. The molecule has 3 rings (SSSR count). The van der Waals surface area contributed by atoms with Crippen LogP contribution in [0.3, 0.4) is 0 Å². The second-order valence-electron chi connectivity index (χ2n) is 6.55. The van der Waals surface area contributed by atoms with Gasteiger partial charge in [0.25, 0.3) is 0 Å². The summed E-state index contributed by atoms with van der Waals surface area (Å²) in [4.78, 5) is 5.13. The number of hydrogen-bond acceptors (Lipinski definition) is 3. The molecule has 2 fully saturated rings. The molecule has 0 spiro atoms. The minimum Gasteiger partial charge on any atom is -0.369 e. The quantitative estimate of drug-likeness (QED) is 0.913. The summed E-state index contributed by atoms with van der Waals surface area (Å²) < 4.78 is 0. The maximum absolute atomic E-state index is 5.85. The summed E-state index contributed by atoms with van der Waals surface area (Å²) in [5.74, 6) is 0.903. The molecule has 0 aromatic heterocycles. The summed E-state index contributed by atoms with van der Waals surface area (Å²) in [5.41, 5.74) is 8.56. The van der Waals surface area contributed by atoms with E-state index in [1.807, 2.05) is 0 Å². The Morgan fingerprint density at radius 2 is 1.70 bits per heavy atom. The Morgan fingerprint density at radius 1 is 1.05 bits per heavy atom. The molecule has 3 heteroatoms. The average Bonchev–Trinajstić information content (AvgIpc) is 2.44. The van der Waals surface area contributed by atoms with E-state index in [0.29, 0.717) is 6.04 Å². The Morgan fingerprint density at radius 3 is 2.30 bits per heavy atom. The molecule has 1 saturated carbocycles. The van der Waals surface area contributed by atoms with Crippen LogP contribution in [0.5, 0.6) is 0 Å². The molecule has 2 N–H and O–H groups in total. The van der Waals surface area contributed by atoms with Crippen molar-refractivity contribution in [2.24, 2.45) is 11.7 Å². The van der Waals surface area contributed by atoms with Crippen molar-refractivity contribution >= 4 is 5.69 Å². The van der Waals surface area contributed by atoms with Gasteiger partial charge in [-0.1, -0.05) is 17.7 Å². The van der Waals surface area contributed by atoms with E-state index in [4.69, 9.17) is 5.73 Å². The van der Waals surface area contributed by atoms with Crippen molar-refractivity contribution in [3.63, 3.8) is 0 Å². The third-order valence-corrected chi connectivity index (χ3v) is 4.90. The second-order valence-corrected chi connectivity index (χ2v) is 6.55. The lowest BCUT2D eigenvalue weighted by atomic mass is 9.79. The first kappa shape index (κ1) is 13.9.